The summed E-state index contributed by atoms with van der Waals surface area (Å²) in [5.74, 6) is -1.48. The van der Waals surface area contributed by atoms with Crippen LogP contribution in [0.2, 0.25) is 0 Å². The number of hydrogen-bond acceptors (Lipinski definition) is 4. The monoisotopic (exact) mass is 388 g/mol. The average Bonchev–Trinajstić information content (AvgIpc) is 3.46. The Morgan fingerprint density at radius 1 is 1.07 bits per heavy atom. The molecule has 2 aromatic rings. The predicted molar refractivity (Wildman–Crippen MR) is 100 cm³/mol. The van der Waals surface area contributed by atoms with E-state index in [1.807, 2.05) is 6.92 Å². The Hall–Kier alpha value is -2.87. The van der Waals surface area contributed by atoms with Crippen LogP contribution in [0, 0.1) is 6.92 Å². The third kappa shape index (κ3) is 4.65. The SMILES string of the molecule is Cc1ccc(NS(=O)(=O)c2ccc(C(=O)N(CC(=O)O)C3CC3)cc2)cc1. The fraction of sp³-hybridized carbons (Fsp3) is 0.263. The maximum absolute atomic E-state index is 12.5. The molecule has 3 rings (SSSR count). The molecule has 2 N–H and O–H groups in total. The topological polar surface area (TPSA) is 104 Å². The minimum atomic E-state index is -3.78. The second-order valence-corrected chi connectivity index (χ2v) is 8.24. The molecule has 0 radical (unpaired) electrons. The quantitative estimate of drug-likeness (QED) is 0.758. The molecule has 1 saturated carbocycles. The summed E-state index contributed by atoms with van der Waals surface area (Å²) in [6.07, 6.45) is 1.57. The number of hydrogen-bond donors (Lipinski definition) is 2. The first kappa shape index (κ1) is 18.9. The summed E-state index contributed by atoms with van der Waals surface area (Å²) < 4.78 is 27.4. The molecule has 0 atom stereocenters. The number of sulfonamides is 1. The van der Waals surface area contributed by atoms with Crippen molar-refractivity contribution in [2.75, 3.05) is 11.3 Å². The Balaban J connectivity index is 1.76. The fourth-order valence-electron chi connectivity index (χ4n) is 2.68. The first-order valence-corrected chi connectivity index (χ1v) is 9.97. The number of aliphatic carboxylic acids is 1. The normalized spacial score (nSPS) is 13.8. The molecule has 0 heterocycles. The Morgan fingerprint density at radius 3 is 2.19 bits per heavy atom. The van der Waals surface area contributed by atoms with Gasteiger partial charge in [-0.15, -0.1) is 0 Å². The van der Waals surface area contributed by atoms with Crippen molar-refractivity contribution in [2.45, 2.75) is 30.7 Å². The van der Waals surface area contributed by atoms with Gasteiger partial charge in [0.25, 0.3) is 15.9 Å². The third-order valence-corrected chi connectivity index (χ3v) is 5.67. The van der Waals surface area contributed by atoms with E-state index in [0.717, 1.165) is 18.4 Å². The van der Waals surface area contributed by atoms with E-state index in [4.69, 9.17) is 5.11 Å². The van der Waals surface area contributed by atoms with E-state index >= 15 is 0 Å². The van der Waals surface area contributed by atoms with Crippen LogP contribution in [0.25, 0.3) is 0 Å². The van der Waals surface area contributed by atoms with Crippen LogP contribution in [0.5, 0.6) is 0 Å². The molecule has 0 bridgehead atoms. The summed E-state index contributed by atoms with van der Waals surface area (Å²) >= 11 is 0. The molecule has 2 aromatic carbocycles. The summed E-state index contributed by atoms with van der Waals surface area (Å²) in [6, 6.07) is 12.4. The van der Waals surface area contributed by atoms with Crippen LogP contribution in [0.4, 0.5) is 5.69 Å². The van der Waals surface area contributed by atoms with Crippen LogP contribution < -0.4 is 4.72 Å². The first-order chi connectivity index (χ1) is 12.8. The second-order valence-electron chi connectivity index (χ2n) is 6.55. The van der Waals surface area contributed by atoms with Crippen LogP contribution in [0.15, 0.2) is 53.4 Å². The van der Waals surface area contributed by atoms with Crippen LogP contribution >= 0.6 is 0 Å². The number of carboxylic acid groups (broad SMARTS) is 1. The van der Waals surface area contributed by atoms with Gasteiger partial charge in [0.2, 0.25) is 0 Å². The Morgan fingerprint density at radius 2 is 1.67 bits per heavy atom. The van der Waals surface area contributed by atoms with Gasteiger partial charge in [0.1, 0.15) is 6.54 Å². The van der Waals surface area contributed by atoms with Gasteiger partial charge in [-0.3, -0.25) is 14.3 Å². The zero-order valence-corrected chi connectivity index (χ0v) is 15.6. The molecule has 0 saturated heterocycles. The number of nitrogens with one attached hydrogen (secondary N) is 1. The molecule has 0 spiro atoms. The van der Waals surface area contributed by atoms with Gasteiger partial charge < -0.3 is 10.0 Å². The lowest BCUT2D eigenvalue weighted by Crippen LogP contribution is -2.37. The molecule has 1 amide bonds. The molecule has 1 aliphatic rings. The molecule has 7 nitrogen and oxygen atoms in total. The molecule has 0 aliphatic heterocycles. The van der Waals surface area contributed by atoms with Gasteiger partial charge in [-0.25, -0.2) is 8.42 Å². The molecular weight excluding hydrogens is 368 g/mol. The number of carbonyl (C=O) groups is 2. The standard InChI is InChI=1S/C19H20N2O5S/c1-13-2-6-15(7-3-13)20-27(25,26)17-10-4-14(5-11-17)19(24)21(12-18(22)23)16-8-9-16/h2-7,10-11,16,20H,8-9,12H2,1H3,(H,22,23). The van der Waals surface area contributed by atoms with Crippen LogP contribution in [-0.2, 0) is 14.8 Å². The van der Waals surface area contributed by atoms with Crippen molar-refractivity contribution >= 4 is 27.6 Å². The Kier molecular flexibility index (Phi) is 5.18. The number of anilines is 1. The lowest BCUT2D eigenvalue weighted by Gasteiger charge is -2.20. The van der Waals surface area contributed by atoms with Crippen molar-refractivity contribution in [1.29, 1.82) is 0 Å². The maximum Gasteiger partial charge on any atom is 0.323 e. The molecule has 142 valence electrons. The number of amides is 1. The fourth-order valence-corrected chi connectivity index (χ4v) is 3.74. The predicted octanol–water partition coefficient (Wildman–Crippen LogP) is 2.49. The van der Waals surface area contributed by atoms with Crippen molar-refractivity contribution in [3.8, 4) is 0 Å². The Labute approximate surface area is 157 Å². The highest BCUT2D eigenvalue weighted by atomic mass is 32.2. The lowest BCUT2D eigenvalue weighted by molar-refractivity contribution is -0.137. The molecule has 1 aliphatic carbocycles. The number of aryl methyl sites for hydroxylation is 1. The first-order valence-electron chi connectivity index (χ1n) is 8.48. The zero-order valence-electron chi connectivity index (χ0n) is 14.8. The molecule has 0 unspecified atom stereocenters. The van der Waals surface area contributed by atoms with E-state index in [0.29, 0.717) is 5.69 Å². The average molecular weight is 388 g/mol. The third-order valence-electron chi connectivity index (χ3n) is 4.27. The summed E-state index contributed by atoms with van der Waals surface area (Å²) in [7, 11) is -3.78. The lowest BCUT2D eigenvalue weighted by atomic mass is 10.2. The largest absolute Gasteiger partial charge is 0.480 e. The number of benzene rings is 2. The van der Waals surface area contributed by atoms with E-state index in [1.165, 1.54) is 29.2 Å². The number of rotatable bonds is 7. The van der Waals surface area contributed by atoms with E-state index in [9.17, 15) is 18.0 Å². The highest BCUT2D eigenvalue weighted by Gasteiger charge is 2.34. The van der Waals surface area contributed by atoms with Gasteiger partial charge in [0.05, 0.1) is 4.90 Å². The van der Waals surface area contributed by atoms with Crippen LogP contribution in [0.3, 0.4) is 0 Å². The zero-order chi connectivity index (χ0) is 19.6. The maximum atomic E-state index is 12.5. The highest BCUT2D eigenvalue weighted by molar-refractivity contribution is 7.92. The van der Waals surface area contributed by atoms with Gasteiger partial charge in [-0.2, -0.15) is 0 Å². The number of carbonyl (C=O) groups excluding carboxylic acids is 1. The molecule has 1 fully saturated rings. The highest BCUT2D eigenvalue weighted by Crippen LogP contribution is 2.28. The molecule has 27 heavy (non-hydrogen) atoms. The minimum absolute atomic E-state index is 0.0239. The summed E-state index contributed by atoms with van der Waals surface area (Å²) in [5.41, 5.74) is 1.72. The van der Waals surface area contributed by atoms with Gasteiger partial charge in [-0.05, 0) is 56.2 Å². The van der Waals surface area contributed by atoms with Crippen molar-refractivity contribution in [1.82, 2.24) is 4.90 Å². The smallest absolute Gasteiger partial charge is 0.323 e. The Bertz CT molecular complexity index is 949. The van der Waals surface area contributed by atoms with E-state index in [1.54, 1.807) is 24.3 Å². The van der Waals surface area contributed by atoms with Gasteiger partial charge in [0, 0.05) is 17.3 Å². The van der Waals surface area contributed by atoms with Gasteiger partial charge in [-0.1, -0.05) is 17.7 Å². The summed E-state index contributed by atoms with van der Waals surface area (Å²) in [6.45, 7) is 1.54. The van der Waals surface area contributed by atoms with Crippen molar-refractivity contribution in [2.24, 2.45) is 0 Å². The molecule has 8 heteroatoms. The molecule has 0 aromatic heterocycles. The van der Waals surface area contributed by atoms with E-state index in [2.05, 4.69) is 4.72 Å². The summed E-state index contributed by atoms with van der Waals surface area (Å²) in [5, 5.41) is 8.98. The van der Waals surface area contributed by atoms with Gasteiger partial charge >= 0.3 is 5.97 Å². The summed E-state index contributed by atoms with van der Waals surface area (Å²) in [4.78, 5) is 24.9. The number of nitrogens with zero attached hydrogens (tertiary/aromatic N) is 1. The van der Waals surface area contributed by atoms with E-state index in [-0.39, 0.29) is 23.0 Å². The number of carboxylic acids is 1. The minimum Gasteiger partial charge on any atom is -0.480 e. The van der Waals surface area contributed by atoms with Crippen LogP contribution in [-0.4, -0.2) is 42.9 Å². The second kappa shape index (κ2) is 7.40. The van der Waals surface area contributed by atoms with Gasteiger partial charge in [0.15, 0.2) is 0 Å². The van der Waals surface area contributed by atoms with Crippen LogP contribution in [0.1, 0.15) is 28.8 Å². The van der Waals surface area contributed by atoms with Crippen molar-refractivity contribution in [3.63, 3.8) is 0 Å². The van der Waals surface area contributed by atoms with Crippen molar-refractivity contribution in [3.05, 3.63) is 59.7 Å². The van der Waals surface area contributed by atoms with Crippen molar-refractivity contribution < 1.29 is 23.1 Å². The van der Waals surface area contributed by atoms with E-state index < -0.39 is 21.9 Å². The molecular formula is C19H20N2O5S.